The number of hydrogen-bond acceptors (Lipinski definition) is 4. The van der Waals surface area contributed by atoms with Gasteiger partial charge in [-0.25, -0.2) is 4.98 Å². The predicted octanol–water partition coefficient (Wildman–Crippen LogP) is 3.28. The van der Waals surface area contributed by atoms with Gasteiger partial charge in [-0.15, -0.1) is 0 Å². The van der Waals surface area contributed by atoms with Crippen molar-refractivity contribution in [3.8, 4) is 0 Å². The SMILES string of the molecule is COC(OC)C(C)Nc1ccc2nc(C(C)(C)C)[nH]c2c1. The van der Waals surface area contributed by atoms with E-state index in [1.165, 1.54) is 0 Å². The number of methoxy groups -OCH3 is 2. The van der Waals surface area contributed by atoms with Gasteiger partial charge in [-0.3, -0.25) is 0 Å². The fraction of sp³-hybridized carbons (Fsp3) is 0.562. The number of aromatic amines is 1. The summed E-state index contributed by atoms with van der Waals surface area (Å²) < 4.78 is 10.5. The second-order valence-electron chi connectivity index (χ2n) is 6.34. The van der Waals surface area contributed by atoms with Crippen LogP contribution in [0.4, 0.5) is 5.69 Å². The molecule has 0 bridgehead atoms. The van der Waals surface area contributed by atoms with Crippen molar-refractivity contribution < 1.29 is 9.47 Å². The lowest BCUT2D eigenvalue weighted by atomic mass is 9.96. The van der Waals surface area contributed by atoms with Gasteiger partial charge in [-0.2, -0.15) is 0 Å². The van der Waals surface area contributed by atoms with Crippen LogP contribution in [0.1, 0.15) is 33.5 Å². The van der Waals surface area contributed by atoms with E-state index in [1.54, 1.807) is 14.2 Å². The largest absolute Gasteiger partial charge is 0.377 e. The molecule has 5 nitrogen and oxygen atoms in total. The number of ether oxygens (including phenoxy) is 2. The molecule has 21 heavy (non-hydrogen) atoms. The van der Waals surface area contributed by atoms with Crippen LogP contribution in [-0.2, 0) is 14.9 Å². The van der Waals surface area contributed by atoms with Crippen LogP contribution in [0.5, 0.6) is 0 Å². The van der Waals surface area contributed by atoms with Gasteiger partial charge in [-0.1, -0.05) is 20.8 Å². The standard InChI is InChI=1S/C16H25N3O2/c1-10(14(20-5)21-6)17-11-7-8-12-13(9-11)19-15(18-12)16(2,3)4/h7-10,14,17H,1-6H3,(H,18,19). The van der Waals surface area contributed by atoms with Gasteiger partial charge < -0.3 is 19.8 Å². The van der Waals surface area contributed by atoms with Gasteiger partial charge in [0.05, 0.1) is 17.1 Å². The van der Waals surface area contributed by atoms with Crippen molar-refractivity contribution in [1.29, 1.82) is 0 Å². The smallest absolute Gasteiger partial charge is 0.176 e. The number of nitrogens with one attached hydrogen (secondary N) is 2. The normalized spacial score (nSPS) is 13.9. The summed E-state index contributed by atoms with van der Waals surface area (Å²) in [4.78, 5) is 8.03. The molecule has 0 aliphatic rings. The Balaban J connectivity index is 2.23. The van der Waals surface area contributed by atoms with Gasteiger partial charge in [0.25, 0.3) is 0 Å². The van der Waals surface area contributed by atoms with Crippen molar-refractivity contribution in [2.75, 3.05) is 19.5 Å². The van der Waals surface area contributed by atoms with E-state index in [9.17, 15) is 0 Å². The first-order valence-electron chi connectivity index (χ1n) is 7.17. The number of H-pyrrole nitrogens is 1. The number of fused-ring (bicyclic) bond motifs is 1. The molecular weight excluding hydrogens is 266 g/mol. The van der Waals surface area contributed by atoms with Crippen LogP contribution >= 0.6 is 0 Å². The lowest BCUT2D eigenvalue weighted by Crippen LogP contribution is -2.33. The number of aromatic nitrogens is 2. The van der Waals surface area contributed by atoms with Crippen molar-refractivity contribution >= 4 is 16.7 Å². The van der Waals surface area contributed by atoms with Gasteiger partial charge >= 0.3 is 0 Å². The summed E-state index contributed by atoms with van der Waals surface area (Å²) in [6.07, 6.45) is -0.285. The number of hydrogen-bond donors (Lipinski definition) is 2. The zero-order valence-electron chi connectivity index (χ0n) is 13.7. The van der Waals surface area contributed by atoms with E-state index in [2.05, 4.69) is 42.1 Å². The van der Waals surface area contributed by atoms with Crippen LogP contribution in [0.2, 0.25) is 0 Å². The first kappa shape index (κ1) is 15.8. The molecule has 1 aromatic heterocycles. The monoisotopic (exact) mass is 291 g/mol. The Morgan fingerprint density at radius 2 is 1.86 bits per heavy atom. The van der Waals surface area contributed by atoms with E-state index in [1.807, 2.05) is 19.1 Å². The topological polar surface area (TPSA) is 59.2 Å². The quantitative estimate of drug-likeness (QED) is 0.830. The molecule has 2 rings (SSSR count). The minimum atomic E-state index is -0.285. The van der Waals surface area contributed by atoms with E-state index in [0.29, 0.717) is 0 Å². The molecular formula is C16H25N3O2. The third-order valence-electron chi connectivity index (χ3n) is 3.46. The molecule has 0 aliphatic heterocycles. The number of anilines is 1. The third kappa shape index (κ3) is 3.54. The van der Waals surface area contributed by atoms with Gasteiger partial charge in [0.15, 0.2) is 6.29 Å². The minimum Gasteiger partial charge on any atom is -0.377 e. The molecule has 0 spiro atoms. The Labute approximate surface area is 126 Å². The van der Waals surface area contributed by atoms with Gasteiger partial charge in [0.2, 0.25) is 0 Å². The van der Waals surface area contributed by atoms with Gasteiger partial charge in [0.1, 0.15) is 5.82 Å². The van der Waals surface area contributed by atoms with Crippen molar-refractivity contribution in [3.63, 3.8) is 0 Å². The molecule has 0 saturated heterocycles. The summed E-state index contributed by atoms with van der Waals surface area (Å²) in [5, 5.41) is 3.39. The highest BCUT2D eigenvalue weighted by Crippen LogP contribution is 2.24. The highest BCUT2D eigenvalue weighted by Gasteiger charge is 2.19. The molecule has 0 radical (unpaired) electrons. The Morgan fingerprint density at radius 3 is 2.43 bits per heavy atom. The lowest BCUT2D eigenvalue weighted by Gasteiger charge is -2.23. The summed E-state index contributed by atoms with van der Waals surface area (Å²) in [6.45, 7) is 8.46. The van der Waals surface area contributed by atoms with Crippen LogP contribution in [0.25, 0.3) is 11.0 Å². The first-order valence-corrected chi connectivity index (χ1v) is 7.17. The van der Waals surface area contributed by atoms with E-state index in [-0.39, 0.29) is 17.7 Å². The Morgan fingerprint density at radius 1 is 1.19 bits per heavy atom. The molecule has 2 N–H and O–H groups in total. The average molecular weight is 291 g/mol. The maximum Gasteiger partial charge on any atom is 0.176 e. The molecule has 0 saturated carbocycles. The zero-order valence-corrected chi connectivity index (χ0v) is 13.7. The number of imidazole rings is 1. The van der Waals surface area contributed by atoms with Crippen LogP contribution in [0, 0.1) is 0 Å². The minimum absolute atomic E-state index is 0.0110. The highest BCUT2D eigenvalue weighted by molar-refractivity contribution is 5.79. The fourth-order valence-corrected chi connectivity index (χ4v) is 2.29. The molecule has 1 atom stereocenters. The van der Waals surface area contributed by atoms with Gasteiger partial charge in [0, 0.05) is 25.3 Å². The Kier molecular flexibility index (Phi) is 4.54. The lowest BCUT2D eigenvalue weighted by molar-refractivity contribution is -0.109. The molecule has 1 heterocycles. The molecule has 116 valence electrons. The van der Waals surface area contributed by atoms with Crippen molar-refractivity contribution in [3.05, 3.63) is 24.0 Å². The molecule has 2 aromatic rings. The van der Waals surface area contributed by atoms with Crippen molar-refractivity contribution in [1.82, 2.24) is 9.97 Å². The summed E-state index contributed by atoms with van der Waals surface area (Å²) in [6, 6.07) is 6.15. The molecule has 5 heteroatoms. The molecule has 0 fully saturated rings. The summed E-state index contributed by atoms with van der Waals surface area (Å²) in [5.74, 6) is 0.995. The van der Waals surface area contributed by atoms with Crippen LogP contribution in [0.3, 0.4) is 0 Å². The van der Waals surface area contributed by atoms with Crippen LogP contribution in [-0.4, -0.2) is 36.5 Å². The summed E-state index contributed by atoms with van der Waals surface area (Å²) in [5.41, 5.74) is 3.03. The maximum absolute atomic E-state index is 5.26. The van der Waals surface area contributed by atoms with Gasteiger partial charge in [-0.05, 0) is 25.1 Å². The molecule has 1 aromatic carbocycles. The molecule has 0 amide bonds. The predicted molar refractivity (Wildman–Crippen MR) is 85.7 cm³/mol. The summed E-state index contributed by atoms with van der Waals surface area (Å²) in [7, 11) is 3.28. The molecule has 1 unspecified atom stereocenters. The maximum atomic E-state index is 5.26. The Hall–Kier alpha value is -1.59. The van der Waals surface area contributed by atoms with E-state index in [4.69, 9.17) is 9.47 Å². The van der Waals surface area contributed by atoms with Crippen LogP contribution in [0.15, 0.2) is 18.2 Å². The van der Waals surface area contributed by atoms with Crippen LogP contribution < -0.4 is 5.32 Å². The Bertz CT molecular complexity index is 597. The fourth-order valence-electron chi connectivity index (χ4n) is 2.29. The number of benzene rings is 1. The number of rotatable bonds is 5. The third-order valence-corrected chi connectivity index (χ3v) is 3.46. The second-order valence-corrected chi connectivity index (χ2v) is 6.34. The van der Waals surface area contributed by atoms with E-state index in [0.717, 1.165) is 22.5 Å². The van der Waals surface area contributed by atoms with Crippen molar-refractivity contribution in [2.24, 2.45) is 0 Å². The van der Waals surface area contributed by atoms with Crippen molar-refractivity contribution in [2.45, 2.75) is 45.4 Å². The average Bonchev–Trinajstić information content (AvgIpc) is 2.83. The van der Waals surface area contributed by atoms with E-state index >= 15 is 0 Å². The first-order chi connectivity index (χ1) is 9.85. The zero-order chi connectivity index (χ0) is 15.6. The molecule has 0 aliphatic carbocycles. The highest BCUT2D eigenvalue weighted by atomic mass is 16.7. The second kappa shape index (κ2) is 6.03. The summed E-state index contributed by atoms with van der Waals surface area (Å²) >= 11 is 0. The van der Waals surface area contributed by atoms with E-state index < -0.39 is 0 Å². The number of nitrogens with zero attached hydrogens (tertiary/aromatic N) is 1.